The Balaban J connectivity index is 2.04. The third kappa shape index (κ3) is 2.91. The van der Waals surface area contributed by atoms with E-state index in [-0.39, 0.29) is 11.2 Å². The number of aryl methyl sites for hydroxylation is 1. The van der Waals surface area contributed by atoms with Crippen molar-refractivity contribution in [2.24, 2.45) is 14.1 Å². The topological polar surface area (TPSA) is 90.9 Å². The van der Waals surface area contributed by atoms with Gasteiger partial charge in [-0.15, -0.1) is 0 Å². The maximum atomic E-state index is 12.6. The summed E-state index contributed by atoms with van der Waals surface area (Å²) in [5, 5.41) is 3.44. The Morgan fingerprint density at radius 3 is 2.58 bits per heavy atom. The molecule has 8 nitrogen and oxygen atoms in total. The number of carbonyl (C=O) groups is 1. The first-order chi connectivity index (χ1) is 12.2. The summed E-state index contributed by atoms with van der Waals surface area (Å²) >= 11 is 12.0. The number of carbonyl (C=O) groups excluding carboxylic acids is 1. The van der Waals surface area contributed by atoms with Crippen molar-refractivity contribution >= 4 is 46.0 Å². The lowest BCUT2D eigenvalue weighted by molar-refractivity contribution is -0.118. The van der Waals surface area contributed by atoms with Crippen molar-refractivity contribution in [3.05, 3.63) is 55.4 Å². The summed E-state index contributed by atoms with van der Waals surface area (Å²) in [4.78, 5) is 41.2. The van der Waals surface area contributed by atoms with Crippen LogP contribution in [0.4, 0.5) is 5.69 Å². The number of hydrogen-bond acceptors (Lipinski definition) is 4. The number of aromatic nitrogens is 4. The van der Waals surface area contributed by atoms with Crippen LogP contribution in [0.25, 0.3) is 11.2 Å². The molecule has 2 aromatic heterocycles. The van der Waals surface area contributed by atoms with E-state index in [0.717, 1.165) is 4.57 Å². The molecule has 10 heteroatoms. The van der Waals surface area contributed by atoms with E-state index in [1.165, 1.54) is 35.6 Å². The number of fused-ring (bicyclic) bond motifs is 1. The fourth-order valence-electron chi connectivity index (χ4n) is 2.61. The predicted octanol–water partition coefficient (Wildman–Crippen LogP) is 1.94. The molecule has 136 valence electrons. The molecule has 3 rings (SSSR count). The van der Waals surface area contributed by atoms with Gasteiger partial charge in [0.05, 0.1) is 17.0 Å². The molecular weight excluding hydrogens is 381 g/mol. The number of anilines is 1. The number of halogens is 2. The normalized spacial score (nSPS) is 12.3. The molecule has 1 atom stereocenters. The first-order valence-corrected chi connectivity index (χ1v) is 8.36. The van der Waals surface area contributed by atoms with E-state index in [1.54, 1.807) is 19.1 Å². The SMILES string of the molecule is CC(C(=O)Nc1cc(Cl)ccc1Cl)n1cnc2c1c(=O)n(C)c(=O)n2C. The predicted molar refractivity (Wildman–Crippen MR) is 100 cm³/mol. The largest absolute Gasteiger partial charge is 0.332 e. The van der Waals surface area contributed by atoms with Gasteiger partial charge in [-0.25, -0.2) is 9.78 Å². The molecule has 0 aliphatic carbocycles. The zero-order valence-electron chi connectivity index (χ0n) is 14.2. The smallest absolute Gasteiger partial charge is 0.323 e. The Bertz CT molecular complexity index is 1150. The number of nitrogens with one attached hydrogen (secondary N) is 1. The second-order valence-electron chi connectivity index (χ2n) is 5.82. The van der Waals surface area contributed by atoms with Gasteiger partial charge in [0.15, 0.2) is 11.2 Å². The highest BCUT2D eigenvalue weighted by molar-refractivity contribution is 6.35. The first kappa shape index (κ1) is 18.2. The Labute approximate surface area is 157 Å². The Morgan fingerprint density at radius 1 is 1.19 bits per heavy atom. The zero-order chi connectivity index (χ0) is 19.2. The summed E-state index contributed by atoms with van der Waals surface area (Å²) < 4.78 is 3.65. The highest BCUT2D eigenvalue weighted by atomic mass is 35.5. The zero-order valence-corrected chi connectivity index (χ0v) is 15.7. The Kier molecular flexibility index (Phi) is 4.64. The summed E-state index contributed by atoms with van der Waals surface area (Å²) in [6.07, 6.45) is 1.36. The molecule has 0 spiro atoms. The van der Waals surface area contributed by atoms with Crippen LogP contribution in [0.1, 0.15) is 13.0 Å². The molecule has 0 aliphatic heterocycles. The summed E-state index contributed by atoms with van der Waals surface area (Å²) in [5.74, 6) is -0.413. The molecule has 26 heavy (non-hydrogen) atoms. The number of hydrogen-bond donors (Lipinski definition) is 1. The summed E-state index contributed by atoms with van der Waals surface area (Å²) in [6.45, 7) is 1.61. The van der Waals surface area contributed by atoms with Crippen molar-refractivity contribution in [2.75, 3.05) is 5.32 Å². The maximum Gasteiger partial charge on any atom is 0.332 e. The average Bonchev–Trinajstić information content (AvgIpc) is 3.05. The standard InChI is InChI=1S/C16H15Cl2N5O3/c1-8(14(24)20-11-6-9(17)4-5-10(11)18)23-7-19-13-12(23)15(25)22(3)16(26)21(13)2/h4-8H,1-3H3,(H,20,24). The highest BCUT2D eigenvalue weighted by Crippen LogP contribution is 2.26. The van der Waals surface area contributed by atoms with Crippen molar-refractivity contribution in [3.8, 4) is 0 Å². The fourth-order valence-corrected chi connectivity index (χ4v) is 2.95. The van der Waals surface area contributed by atoms with E-state index in [2.05, 4.69) is 10.3 Å². The number of nitrogens with zero attached hydrogens (tertiary/aromatic N) is 4. The third-order valence-corrected chi connectivity index (χ3v) is 4.72. The molecule has 0 radical (unpaired) electrons. The van der Waals surface area contributed by atoms with E-state index in [1.807, 2.05) is 0 Å². The van der Waals surface area contributed by atoms with E-state index in [0.29, 0.717) is 15.7 Å². The van der Waals surface area contributed by atoms with Crippen molar-refractivity contribution in [1.29, 1.82) is 0 Å². The lowest BCUT2D eigenvalue weighted by Gasteiger charge is -2.15. The van der Waals surface area contributed by atoms with Crippen molar-refractivity contribution in [3.63, 3.8) is 0 Å². The van der Waals surface area contributed by atoms with E-state index in [9.17, 15) is 14.4 Å². The van der Waals surface area contributed by atoms with Crippen LogP contribution in [0.5, 0.6) is 0 Å². The summed E-state index contributed by atoms with van der Waals surface area (Å²) in [6, 6.07) is 3.93. The molecule has 0 saturated heterocycles. The van der Waals surface area contributed by atoms with Gasteiger partial charge in [0.25, 0.3) is 5.56 Å². The van der Waals surface area contributed by atoms with Gasteiger partial charge in [0.1, 0.15) is 6.04 Å². The van der Waals surface area contributed by atoms with Crippen LogP contribution in [0.3, 0.4) is 0 Å². The molecule has 3 aromatic rings. The van der Waals surface area contributed by atoms with E-state index in [4.69, 9.17) is 23.2 Å². The highest BCUT2D eigenvalue weighted by Gasteiger charge is 2.22. The van der Waals surface area contributed by atoms with Gasteiger partial charge < -0.3 is 9.88 Å². The quantitative estimate of drug-likeness (QED) is 0.733. The molecule has 0 bridgehead atoms. The number of imidazole rings is 1. The second-order valence-corrected chi connectivity index (χ2v) is 6.66. The van der Waals surface area contributed by atoms with Gasteiger partial charge in [-0.1, -0.05) is 23.2 Å². The lowest BCUT2D eigenvalue weighted by atomic mass is 10.2. The molecule has 1 unspecified atom stereocenters. The van der Waals surface area contributed by atoms with Crippen LogP contribution in [0.2, 0.25) is 10.0 Å². The van der Waals surface area contributed by atoms with Gasteiger partial charge in [-0.2, -0.15) is 0 Å². The number of benzene rings is 1. The van der Waals surface area contributed by atoms with Crippen LogP contribution < -0.4 is 16.6 Å². The van der Waals surface area contributed by atoms with Crippen LogP contribution in [0.15, 0.2) is 34.1 Å². The van der Waals surface area contributed by atoms with Gasteiger partial charge in [-0.05, 0) is 25.1 Å². The third-order valence-electron chi connectivity index (χ3n) is 4.16. The van der Waals surface area contributed by atoms with Gasteiger partial charge in [0, 0.05) is 19.1 Å². The first-order valence-electron chi connectivity index (χ1n) is 7.61. The van der Waals surface area contributed by atoms with Crippen molar-refractivity contribution in [1.82, 2.24) is 18.7 Å². The minimum atomic E-state index is -0.778. The average molecular weight is 396 g/mol. The minimum absolute atomic E-state index is 0.162. The Hall–Kier alpha value is -2.58. The van der Waals surface area contributed by atoms with Crippen molar-refractivity contribution < 1.29 is 4.79 Å². The molecule has 1 amide bonds. The number of amides is 1. The summed E-state index contributed by atoms with van der Waals surface area (Å²) in [5.41, 5.74) is -0.287. The fraction of sp³-hybridized carbons (Fsp3) is 0.250. The van der Waals surface area contributed by atoms with Crippen LogP contribution >= 0.6 is 23.2 Å². The maximum absolute atomic E-state index is 12.6. The molecule has 1 aromatic carbocycles. The van der Waals surface area contributed by atoms with Crippen molar-refractivity contribution in [2.45, 2.75) is 13.0 Å². The minimum Gasteiger partial charge on any atom is -0.323 e. The van der Waals surface area contributed by atoms with Gasteiger partial charge in [-0.3, -0.25) is 18.7 Å². The second kappa shape index (κ2) is 6.62. The van der Waals surface area contributed by atoms with Crippen LogP contribution in [0, 0.1) is 0 Å². The van der Waals surface area contributed by atoms with E-state index < -0.39 is 23.2 Å². The molecule has 0 saturated carbocycles. The van der Waals surface area contributed by atoms with E-state index >= 15 is 0 Å². The Morgan fingerprint density at radius 2 is 1.88 bits per heavy atom. The molecular formula is C16H15Cl2N5O3. The van der Waals surface area contributed by atoms with Gasteiger partial charge in [0.2, 0.25) is 5.91 Å². The molecule has 1 N–H and O–H groups in total. The van der Waals surface area contributed by atoms with Crippen LogP contribution in [-0.4, -0.2) is 24.6 Å². The summed E-state index contributed by atoms with van der Waals surface area (Å²) in [7, 11) is 2.88. The number of rotatable bonds is 3. The molecule has 0 aliphatic rings. The lowest BCUT2D eigenvalue weighted by Crippen LogP contribution is -2.38. The monoisotopic (exact) mass is 395 g/mol. The molecule has 0 fully saturated rings. The van der Waals surface area contributed by atoms with Crippen LogP contribution in [-0.2, 0) is 18.9 Å². The van der Waals surface area contributed by atoms with Gasteiger partial charge >= 0.3 is 5.69 Å². The molecule has 2 heterocycles.